The number of para-hydroxylation sites is 2. The Morgan fingerprint density at radius 1 is 0.900 bits per heavy atom. The molecule has 0 atom stereocenters. The lowest BCUT2D eigenvalue weighted by atomic mass is 10.0. The number of aromatic nitrogens is 1. The van der Waals surface area contributed by atoms with Crippen molar-refractivity contribution < 1.29 is 14.3 Å². The molecule has 0 saturated carbocycles. The SMILES string of the molecule is COc1ccccc1C(=O)CCC(=O)N1CCN(c2ccc3ccccc3n2)CC1. The Bertz CT molecular complexity index is 1060. The zero-order valence-electron chi connectivity index (χ0n) is 17.1. The summed E-state index contributed by atoms with van der Waals surface area (Å²) in [4.78, 5) is 33.9. The van der Waals surface area contributed by atoms with Crippen molar-refractivity contribution >= 4 is 28.4 Å². The van der Waals surface area contributed by atoms with Gasteiger partial charge in [-0.15, -0.1) is 0 Å². The molecule has 1 amide bonds. The van der Waals surface area contributed by atoms with Crippen molar-refractivity contribution in [3.63, 3.8) is 0 Å². The minimum Gasteiger partial charge on any atom is -0.496 e. The van der Waals surface area contributed by atoms with E-state index in [1.165, 1.54) is 0 Å². The van der Waals surface area contributed by atoms with Crippen LogP contribution in [-0.2, 0) is 4.79 Å². The van der Waals surface area contributed by atoms with Gasteiger partial charge in [0.1, 0.15) is 11.6 Å². The topological polar surface area (TPSA) is 62.7 Å². The highest BCUT2D eigenvalue weighted by Crippen LogP contribution is 2.21. The predicted molar refractivity (Wildman–Crippen MR) is 117 cm³/mol. The number of hydrogen-bond acceptors (Lipinski definition) is 5. The first-order valence-corrected chi connectivity index (χ1v) is 10.2. The third-order valence-corrected chi connectivity index (χ3v) is 5.51. The van der Waals surface area contributed by atoms with Gasteiger partial charge in [0.2, 0.25) is 5.91 Å². The van der Waals surface area contributed by atoms with E-state index < -0.39 is 0 Å². The monoisotopic (exact) mass is 403 g/mol. The maximum atomic E-state index is 12.6. The zero-order chi connectivity index (χ0) is 20.9. The Balaban J connectivity index is 1.31. The summed E-state index contributed by atoms with van der Waals surface area (Å²) in [5.41, 5.74) is 1.50. The van der Waals surface area contributed by atoms with E-state index in [2.05, 4.69) is 17.0 Å². The first kappa shape index (κ1) is 19.9. The van der Waals surface area contributed by atoms with Crippen molar-refractivity contribution in [3.8, 4) is 5.75 Å². The molecule has 0 spiro atoms. The van der Waals surface area contributed by atoms with Crippen LogP contribution in [0.1, 0.15) is 23.2 Å². The van der Waals surface area contributed by atoms with Crippen LogP contribution >= 0.6 is 0 Å². The van der Waals surface area contributed by atoms with Crippen LogP contribution in [0.5, 0.6) is 5.75 Å². The molecule has 1 fully saturated rings. The number of benzene rings is 2. The van der Waals surface area contributed by atoms with E-state index in [0.717, 1.165) is 29.8 Å². The van der Waals surface area contributed by atoms with Crippen LogP contribution in [0.2, 0.25) is 0 Å². The number of ether oxygens (including phenoxy) is 1. The number of Topliss-reactive ketones (excluding diaryl/α,β-unsaturated/α-hetero) is 1. The number of methoxy groups -OCH3 is 1. The van der Waals surface area contributed by atoms with E-state index >= 15 is 0 Å². The summed E-state index contributed by atoms with van der Waals surface area (Å²) in [5.74, 6) is 1.43. The number of anilines is 1. The van der Waals surface area contributed by atoms with Gasteiger partial charge in [-0.3, -0.25) is 9.59 Å². The fourth-order valence-electron chi connectivity index (χ4n) is 3.80. The summed E-state index contributed by atoms with van der Waals surface area (Å²) < 4.78 is 5.24. The second-order valence-electron chi connectivity index (χ2n) is 7.35. The van der Waals surface area contributed by atoms with Crippen molar-refractivity contribution in [1.29, 1.82) is 0 Å². The normalized spacial score (nSPS) is 14.0. The summed E-state index contributed by atoms with van der Waals surface area (Å²) in [6, 6.07) is 19.3. The Hall–Kier alpha value is -3.41. The lowest BCUT2D eigenvalue weighted by molar-refractivity contribution is -0.131. The number of rotatable bonds is 6. The van der Waals surface area contributed by atoms with Gasteiger partial charge in [0.25, 0.3) is 0 Å². The molecule has 0 N–H and O–H groups in total. The molecule has 4 rings (SSSR count). The van der Waals surface area contributed by atoms with E-state index in [0.29, 0.717) is 24.4 Å². The minimum absolute atomic E-state index is 0.0179. The van der Waals surface area contributed by atoms with Crippen molar-refractivity contribution in [2.75, 3.05) is 38.2 Å². The third-order valence-electron chi connectivity index (χ3n) is 5.51. The van der Waals surface area contributed by atoms with Crippen LogP contribution in [0.3, 0.4) is 0 Å². The number of pyridine rings is 1. The average Bonchev–Trinajstić information content (AvgIpc) is 2.82. The molecule has 154 valence electrons. The molecule has 0 bridgehead atoms. The Morgan fingerprint density at radius 2 is 1.63 bits per heavy atom. The molecule has 1 saturated heterocycles. The van der Waals surface area contributed by atoms with Crippen molar-refractivity contribution in [2.24, 2.45) is 0 Å². The van der Waals surface area contributed by atoms with E-state index in [-0.39, 0.29) is 24.5 Å². The first-order chi connectivity index (χ1) is 14.7. The maximum absolute atomic E-state index is 12.6. The largest absolute Gasteiger partial charge is 0.496 e. The molecule has 1 aromatic heterocycles. The molecule has 6 heteroatoms. The minimum atomic E-state index is -0.0696. The second kappa shape index (κ2) is 8.95. The van der Waals surface area contributed by atoms with Crippen LogP contribution in [0.25, 0.3) is 10.9 Å². The molecule has 30 heavy (non-hydrogen) atoms. The third kappa shape index (κ3) is 4.27. The average molecular weight is 403 g/mol. The van der Waals surface area contributed by atoms with Gasteiger partial charge in [-0.05, 0) is 30.3 Å². The summed E-state index contributed by atoms with van der Waals surface area (Å²) >= 11 is 0. The molecule has 3 aromatic rings. The van der Waals surface area contributed by atoms with Crippen molar-refractivity contribution in [1.82, 2.24) is 9.88 Å². The van der Waals surface area contributed by atoms with Crippen LogP contribution in [0.15, 0.2) is 60.7 Å². The van der Waals surface area contributed by atoms with Crippen molar-refractivity contribution in [3.05, 3.63) is 66.2 Å². The van der Waals surface area contributed by atoms with Gasteiger partial charge in [0.15, 0.2) is 5.78 Å². The lowest BCUT2D eigenvalue weighted by Crippen LogP contribution is -2.49. The molecular weight excluding hydrogens is 378 g/mol. The highest BCUT2D eigenvalue weighted by molar-refractivity contribution is 6.00. The maximum Gasteiger partial charge on any atom is 0.223 e. The molecule has 1 aliphatic heterocycles. The first-order valence-electron chi connectivity index (χ1n) is 10.2. The Labute approximate surface area is 176 Å². The molecular formula is C24H25N3O3. The van der Waals surface area contributed by atoms with E-state index in [4.69, 9.17) is 9.72 Å². The summed E-state index contributed by atoms with van der Waals surface area (Å²) in [5, 5.41) is 1.12. The highest BCUT2D eigenvalue weighted by Gasteiger charge is 2.23. The fraction of sp³-hybridized carbons (Fsp3) is 0.292. The molecule has 2 aromatic carbocycles. The van der Waals surface area contributed by atoms with Gasteiger partial charge in [0.05, 0.1) is 18.2 Å². The number of carbonyl (C=O) groups is 2. The van der Waals surface area contributed by atoms with E-state index in [9.17, 15) is 9.59 Å². The zero-order valence-corrected chi connectivity index (χ0v) is 17.1. The number of carbonyl (C=O) groups excluding carboxylic acids is 2. The Morgan fingerprint density at radius 3 is 2.43 bits per heavy atom. The molecule has 0 aliphatic carbocycles. The second-order valence-corrected chi connectivity index (χ2v) is 7.35. The van der Waals surface area contributed by atoms with Crippen LogP contribution in [0, 0.1) is 0 Å². The quantitative estimate of drug-likeness (QED) is 0.589. The number of hydrogen-bond donors (Lipinski definition) is 0. The molecule has 2 heterocycles. The van der Waals surface area contributed by atoms with Gasteiger partial charge in [-0.25, -0.2) is 4.98 Å². The van der Waals surface area contributed by atoms with Gasteiger partial charge >= 0.3 is 0 Å². The number of nitrogens with zero attached hydrogens (tertiary/aromatic N) is 3. The fourth-order valence-corrected chi connectivity index (χ4v) is 3.80. The lowest BCUT2D eigenvalue weighted by Gasteiger charge is -2.35. The highest BCUT2D eigenvalue weighted by atomic mass is 16.5. The molecule has 1 aliphatic rings. The summed E-state index contributed by atoms with van der Waals surface area (Å²) in [7, 11) is 1.54. The van der Waals surface area contributed by atoms with E-state index in [1.54, 1.807) is 25.3 Å². The molecule has 6 nitrogen and oxygen atoms in total. The Kier molecular flexibility index (Phi) is 5.93. The number of fused-ring (bicyclic) bond motifs is 1. The molecule has 0 unspecified atom stereocenters. The standard InChI is InChI=1S/C24H25N3O3/c1-30-22-9-5-3-7-19(22)21(28)11-13-24(29)27-16-14-26(15-17-27)23-12-10-18-6-2-4-8-20(18)25-23/h2-10,12H,11,13-17H2,1H3. The van der Waals surface area contributed by atoms with Crippen LogP contribution < -0.4 is 9.64 Å². The summed E-state index contributed by atoms with van der Waals surface area (Å²) in [6.45, 7) is 2.74. The number of amides is 1. The van der Waals surface area contributed by atoms with Gasteiger partial charge < -0.3 is 14.5 Å². The predicted octanol–water partition coefficient (Wildman–Crippen LogP) is 3.56. The smallest absolute Gasteiger partial charge is 0.223 e. The summed E-state index contributed by atoms with van der Waals surface area (Å²) in [6.07, 6.45) is 0.400. The van der Waals surface area contributed by atoms with Gasteiger partial charge in [0, 0.05) is 44.4 Å². The molecule has 0 radical (unpaired) electrons. The van der Waals surface area contributed by atoms with Gasteiger partial charge in [-0.1, -0.05) is 30.3 Å². The van der Waals surface area contributed by atoms with Crippen LogP contribution in [-0.4, -0.2) is 54.9 Å². The number of piperazine rings is 1. The van der Waals surface area contributed by atoms with Crippen LogP contribution in [0.4, 0.5) is 5.82 Å². The number of ketones is 1. The van der Waals surface area contributed by atoms with E-state index in [1.807, 2.05) is 35.2 Å². The van der Waals surface area contributed by atoms with Crippen molar-refractivity contribution in [2.45, 2.75) is 12.8 Å². The van der Waals surface area contributed by atoms with Gasteiger partial charge in [-0.2, -0.15) is 0 Å².